The van der Waals surface area contributed by atoms with E-state index in [0.717, 1.165) is 0 Å². The van der Waals surface area contributed by atoms with Crippen molar-refractivity contribution in [3.8, 4) is 6.07 Å². The number of benzene rings is 1. The predicted molar refractivity (Wildman–Crippen MR) is 55.2 cm³/mol. The maximum absolute atomic E-state index is 11.7. The number of likely N-dealkylation sites (N-methyl/N-ethyl adjacent to an activating group) is 1. The minimum absolute atomic E-state index is 0.0570. The standard InChI is InChI=1S/C11H12N2O2/c1-13(6-7-14)11(15)10-4-2-9(8-12)3-5-10/h2-5,14H,6-7H2,1H3. The fourth-order valence-electron chi connectivity index (χ4n) is 1.16. The first-order valence-corrected chi connectivity index (χ1v) is 4.55. The van der Waals surface area contributed by atoms with Crippen molar-refractivity contribution in [1.29, 1.82) is 5.26 Å². The van der Waals surface area contributed by atoms with Crippen LogP contribution in [-0.4, -0.2) is 36.1 Å². The molecule has 1 rings (SSSR count). The third-order valence-electron chi connectivity index (χ3n) is 2.04. The second-order valence-electron chi connectivity index (χ2n) is 3.14. The lowest BCUT2D eigenvalue weighted by atomic mass is 10.1. The van der Waals surface area contributed by atoms with Gasteiger partial charge in [-0.05, 0) is 24.3 Å². The zero-order valence-corrected chi connectivity index (χ0v) is 8.47. The highest BCUT2D eigenvalue weighted by Gasteiger charge is 2.10. The molecule has 1 N–H and O–H groups in total. The molecular formula is C11H12N2O2. The van der Waals surface area contributed by atoms with Crippen LogP contribution in [0.4, 0.5) is 0 Å². The van der Waals surface area contributed by atoms with E-state index in [1.54, 1.807) is 31.3 Å². The van der Waals surface area contributed by atoms with Crippen molar-refractivity contribution in [2.24, 2.45) is 0 Å². The number of nitrogens with zero attached hydrogens (tertiary/aromatic N) is 2. The highest BCUT2D eigenvalue weighted by molar-refractivity contribution is 5.94. The van der Waals surface area contributed by atoms with E-state index in [-0.39, 0.29) is 12.5 Å². The minimum atomic E-state index is -0.159. The third kappa shape index (κ3) is 2.79. The number of carbonyl (C=O) groups is 1. The zero-order chi connectivity index (χ0) is 11.3. The summed E-state index contributed by atoms with van der Waals surface area (Å²) in [5, 5.41) is 17.3. The Morgan fingerprint density at radius 1 is 1.47 bits per heavy atom. The molecule has 1 aromatic rings. The summed E-state index contributed by atoms with van der Waals surface area (Å²) in [7, 11) is 1.62. The van der Waals surface area contributed by atoms with E-state index >= 15 is 0 Å². The van der Waals surface area contributed by atoms with Crippen LogP contribution in [0.15, 0.2) is 24.3 Å². The van der Waals surface area contributed by atoms with Crippen LogP contribution in [0.1, 0.15) is 15.9 Å². The maximum Gasteiger partial charge on any atom is 0.253 e. The first-order chi connectivity index (χ1) is 7.19. The van der Waals surface area contributed by atoms with E-state index < -0.39 is 0 Å². The molecule has 0 atom stereocenters. The van der Waals surface area contributed by atoms with Crippen LogP contribution in [0.5, 0.6) is 0 Å². The summed E-state index contributed by atoms with van der Waals surface area (Å²) in [6.07, 6.45) is 0. The Labute approximate surface area is 88.4 Å². The molecule has 1 aromatic carbocycles. The lowest BCUT2D eigenvalue weighted by molar-refractivity contribution is 0.0767. The molecule has 1 amide bonds. The Balaban J connectivity index is 2.79. The largest absolute Gasteiger partial charge is 0.395 e. The molecule has 15 heavy (non-hydrogen) atoms. The fourth-order valence-corrected chi connectivity index (χ4v) is 1.16. The van der Waals surface area contributed by atoms with E-state index in [2.05, 4.69) is 0 Å². The monoisotopic (exact) mass is 204 g/mol. The number of aliphatic hydroxyl groups is 1. The van der Waals surface area contributed by atoms with Crippen LogP contribution >= 0.6 is 0 Å². The average molecular weight is 204 g/mol. The van der Waals surface area contributed by atoms with Gasteiger partial charge in [0.1, 0.15) is 0 Å². The second-order valence-corrected chi connectivity index (χ2v) is 3.14. The predicted octanol–water partition coefficient (Wildman–Crippen LogP) is 0.623. The maximum atomic E-state index is 11.7. The number of nitriles is 1. The molecule has 0 heterocycles. The van der Waals surface area contributed by atoms with E-state index in [1.807, 2.05) is 6.07 Å². The van der Waals surface area contributed by atoms with Crippen molar-refractivity contribution in [3.63, 3.8) is 0 Å². The van der Waals surface area contributed by atoms with Gasteiger partial charge in [0, 0.05) is 19.2 Å². The molecule has 0 radical (unpaired) electrons. The SMILES string of the molecule is CN(CCO)C(=O)c1ccc(C#N)cc1. The summed E-state index contributed by atoms with van der Waals surface area (Å²) in [5.41, 5.74) is 1.04. The van der Waals surface area contributed by atoms with Gasteiger partial charge in [0.2, 0.25) is 0 Å². The van der Waals surface area contributed by atoms with Crippen LogP contribution < -0.4 is 0 Å². The number of amides is 1. The molecule has 0 aliphatic heterocycles. The number of hydrogen-bond donors (Lipinski definition) is 1. The smallest absolute Gasteiger partial charge is 0.253 e. The molecule has 0 fully saturated rings. The Hall–Kier alpha value is -1.86. The van der Waals surface area contributed by atoms with Crippen molar-refractivity contribution < 1.29 is 9.90 Å². The van der Waals surface area contributed by atoms with Gasteiger partial charge >= 0.3 is 0 Å². The van der Waals surface area contributed by atoms with Gasteiger partial charge in [-0.2, -0.15) is 5.26 Å². The lowest BCUT2D eigenvalue weighted by Crippen LogP contribution is -2.29. The van der Waals surface area contributed by atoms with Crippen molar-refractivity contribution in [3.05, 3.63) is 35.4 Å². The van der Waals surface area contributed by atoms with E-state index in [9.17, 15) is 4.79 Å². The third-order valence-corrected chi connectivity index (χ3v) is 2.04. The molecule has 0 aromatic heterocycles. The molecule has 0 spiro atoms. The van der Waals surface area contributed by atoms with Crippen molar-refractivity contribution >= 4 is 5.91 Å². The van der Waals surface area contributed by atoms with Crippen LogP contribution in [0.2, 0.25) is 0 Å². The van der Waals surface area contributed by atoms with E-state index in [1.165, 1.54) is 4.90 Å². The summed E-state index contributed by atoms with van der Waals surface area (Å²) < 4.78 is 0. The summed E-state index contributed by atoms with van der Waals surface area (Å²) >= 11 is 0. The van der Waals surface area contributed by atoms with Crippen LogP contribution in [0, 0.1) is 11.3 Å². The van der Waals surface area contributed by atoms with Crippen molar-refractivity contribution in [2.75, 3.05) is 20.2 Å². The molecule has 0 aliphatic rings. The van der Waals surface area contributed by atoms with Gasteiger partial charge in [0.25, 0.3) is 5.91 Å². The summed E-state index contributed by atoms with van der Waals surface area (Å²) in [4.78, 5) is 13.1. The fraction of sp³-hybridized carbons (Fsp3) is 0.273. The van der Waals surface area contributed by atoms with Crippen LogP contribution in [0.3, 0.4) is 0 Å². The molecule has 0 saturated carbocycles. The van der Waals surface area contributed by atoms with Gasteiger partial charge in [-0.1, -0.05) is 0 Å². The summed E-state index contributed by atoms with van der Waals surface area (Å²) in [6.45, 7) is 0.247. The van der Waals surface area contributed by atoms with Gasteiger partial charge < -0.3 is 10.0 Å². The molecule has 4 nitrogen and oxygen atoms in total. The summed E-state index contributed by atoms with van der Waals surface area (Å²) in [6, 6.07) is 8.39. The average Bonchev–Trinajstić information content (AvgIpc) is 2.28. The first kappa shape index (κ1) is 11.2. The topological polar surface area (TPSA) is 64.3 Å². The second kappa shape index (κ2) is 5.13. The van der Waals surface area contributed by atoms with Crippen LogP contribution in [0.25, 0.3) is 0 Å². The molecule has 0 saturated heterocycles. The minimum Gasteiger partial charge on any atom is -0.395 e. The van der Waals surface area contributed by atoms with Gasteiger partial charge in [-0.15, -0.1) is 0 Å². The normalized spacial score (nSPS) is 9.40. The number of rotatable bonds is 3. The molecule has 0 aliphatic carbocycles. The number of aliphatic hydroxyl groups excluding tert-OH is 1. The van der Waals surface area contributed by atoms with E-state index in [4.69, 9.17) is 10.4 Å². The highest BCUT2D eigenvalue weighted by atomic mass is 16.3. The van der Waals surface area contributed by atoms with Gasteiger partial charge in [0.05, 0.1) is 18.2 Å². The van der Waals surface area contributed by atoms with Gasteiger partial charge in [0.15, 0.2) is 0 Å². The number of hydrogen-bond acceptors (Lipinski definition) is 3. The van der Waals surface area contributed by atoms with Gasteiger partial charge in [-0.25, -0.2) is 0 Å². The van der Waals surface area contributed by atoms with Crippen molar-refractivity contribution in [1.82, 2.24) is 4.90 Å². The molecule has 4 heteroatoms. The highest BCUT2D eigenvalue weighted by Crippen LogP contribution is 2.05. The zero-order valence-electron chi connectivity index (χ0n) is 8.47. The quantitative estimate of drug-likeness (QED) is 0.785. The first-order valence-electron chi connectivity index (χ1n) is 4.55. The molecular weight excluding hydrogens is 192 g/mol. The Morgan fingerprint density at radius 2 is 2.07 bits per heavy atom. The lowest BCUT2D eigenvalue weighted by Gasteiger charge is -2.15. The Morgan fingerprint density at radius 3 is 2.53 bits per heavy atom. The van der Waals surface area contributed by atoms with Crippen LogP contribution in [-0.2, 0) is 0 Å². The Bertz CT molecular complexity index is 379. The number of carbonyl (C=O) groups excluding carboxylic acids is 1. The molecule has 0 unspecified atom stereocenters. The summed E-state index contributed by atoms with van der Waals surface area (Å²) in [5.74, 6) is -0.159. The Kier molecular flexibility index (Phi) is 3.83. The van der Waals surface area contributed by atoms with Crippen molar-refractivity contribution in [2.45, 2.75) is 0 Å². The molecule has 0 bridgehead atoms. The molecule has 78 valence electrons. The van der Waals surface area contributed by atoms with Gasteiger partial charge in [-0.3, -0.25) is 4.79 Å². The van der Waals surface area contributed by atoms with E-state index in [0.29, 0.717) is 17.7 Å².